The molecule has 8 heteroatoms. The van der Waals surface area contributed by atoms with Gasteiger partial charge in [-0.05, 0) is 43.4 Å². The van der Waals surface area contributed by atoms with Crippen LogP contribution in [0.2, 0.25) is 0 Å². The van der Waals surface area contributed by atoms with E-state index in [4.69, 9.17) is 5.73 Å². The maximum atomic E-state index is 13.3. The molecule has 1 heterocycles. The van der Waals surface area contributed by atoms with Crippen LogP contribution in [-0.2, 0) is 11.3 Å². The standard InChI is InChI=1S/C18H25F2N3O.2ClH/c19-15-4-3-13(11-16(15)20)12-23-9-5-14(6-10-23)22-17(24)18(21)7-1-2-8-18;;/h3-4,11,14H,1-2,5-10,12,21H2,(H,22,24);2*1H. The molecule has 1 aromatic carbocycles. The van der Waals surface area contributed by atoms with Crippen molar-refractivity contribution >= 4 is 30.7 Å². The Morgan fingerprint density at radius 2 is 1.77 bits per heavy atom. The van der Waals surface area contributed by atoms with E-state index in [9.17, 15) is 13.6 Å². The number of amides is 1. The number of likely N-dealkylation sites (tertiary alicyclic amines) is 1. The van der Waals surface area contributed by atoms with E-state index in [2.05, 4.69) is 10.2 Å². The number of hydrogen-bond acceptors (Lipinski definition) is 3. The third-order valence-electron chi connectivity index (χ3n) is 5.26. The monoisotopic (exact) mass is 409 g/mol. The van der Waals surface area contributed by atoms with Gasteiger partial charge in [-0.15, -0.1) is 24.8 Å². The van der Waals surface area contributed by atoms with Crippen LogP contribution in [0.25, 0.3) is 0 Å². The Hall–Kier alpha value is -0.950. The van der Waals surface area contributed by atoms with Gasteiger partial charge in [-0.2, -0.15) is 0 Å². The fourth-order valence-electron chi connectivity index (χ4n) is 3.69. The SMILES string of the molecule is Cl.Cl.NC1(C(=O)NC2CCN(Cc3ccc(F)c(F)c3)CC2)CCCC1. The molecular formula is C18H27Cl2F2N3O. The lowest BCUT2D eigenvalue weighted by Gasteiger charge is -2.34. The molecule has 1 aliphatic heterocycles. The Kier molecular flexibility index (Phi) is 8.73. The van der Waals surface area contributed by atoms with E-state index in [0.717, 1.165) is 57.2 Å². The second-order valence-corrected chi connectivity index (χ2v) is 7.14. The number of nitrogens with one attached hydrogen (secondary N) is 1. The number of carbonyl (C=O) groups is 1. The van der Waals surface area contributed by atoms with Crippen LogP contribution in [0.15, 0.2) is 18.2 Å². The minimum atomic E-state index is -0.817. The first kappa shape index (κ1) is 23.1. The number of hydrogen-bond donors (Lipinski definition) is 2. The zero-order chi connectivity index (χ0) is 17.2. The lowest BCUT2D eigenvalue weighted by molar-refractivity contribution is -0.127. The largest absolute Gasteiger partial charge is 0.352 e. The first-order valence-corrected chi connectivity index (χ1v) is 8.72. The summed E-state index contributed by atoms with van der Waals surface area (Å²) in [4.78, 5) is 14.5. The van der Waals surface area contributed by atoms with Gasteiger partial charge in [0.25, 0.3) is 0 Å². The predicted molar refractivity (Wildman–Crippen MR) is 103 cm³/mol. The molecule has 1 amide bonds. The first-order valence-electron chi connectivity index (χ1n) is 8.72. The maximum Gasteiger partial charge on any atom is 0.240 e. The third-order valence-corrected chi connectivity index (χ3v) is 5.26. The Morgan fingerprint density at radius 1 is 1.15 bits per heavy atom. The number of halogens is 4. The van der Waals surface area contributed by atoms with Gasteiger partial charge in [0.05, 0.1) is 5.54 Å². The van der Waals surface area contributed by atoms with E-state index in [1.54, 1.807) is 6.07 Å². The van der Waals surface area contributed by atoms with Crippen LogP contribution in [0.4, 0.5) is 8.78 Å². The molecular weight excluding hydrogens is 383 g/mol. The molecule has 3 N–H and O–H groups in total. The van der Waals surface area contributed by atoms with Gasteiger partial charge in [-0.1, -0.05) is 18.9 Å². The van der Waals surface area contributed by atoms with Crippen LogP contribution in [0, 0.1) is 11.6 Å². The quantitative estimate of drug-likeness (QED) is 0.802. The number of benzene rings is 1. The summed E-state index contributed by atoms with van der Waals surface area (Å²) in [5.74, 6) is -1.64. The summed E-state index contributed by atoms with van der Waals surface area (Å²) in [6, 6.07) is 4.19. The lowest BCUT2D eigenvalue weighted by atomic mass is 9.96. The van der Waals surface area contributed by atoms with Gasteiger partial charge in [-0.25, -0.2) is 8.78 Å². The summed E-state index contributed by atoms with van der Waals surface area (Å²) in [6.07, 6.45) is 5.30. The molecule has 1 aliphatic carbocycles. The number of nitrogens with zero attached hydrogens (tertiary/aromatic N) is 1. The van der Waals surface area contributed by atoms with Crippen molar-refractivity contribution in [3.63, 3.8) is 0 Å². The molecule has 2 aliphatic rings. The Labute approximate surface area is 165 Å². The molecule has 26 heavy (non-hydrogen) atoms. The number of rotatable bonds is 4. The highest BCUT2D eigenvalue weighted by atomic mass is 35.5. The molecule has 0 spiro atoms. The fourth-order valence-corrected chi connectivity index (χ4v) is 3.69. The highest BCUT2D eigenvalue weighted by molar-refractivity contribution is 5.86. The van der Waals surface area contributed by atoms with Crippen LogP contribution >= 0.6 is 24.8 Å². The molecule has 2 fully saturated rings. The van der Waals surface area contributed by atoms with Crippen molar-refractivity contribution in [3.8, 4) is 0 Å². The van der Waals surface area contributed by atoms with Crippen LogP contribution in [0.5, 0.6) is 0 Å². The predicted octanol–water partition coefficient (Wildman–Crippen LogP) is 3.16. The second kappa shape index (κ2) is 9.83. The molecule has 0 unspecified atom stereocenters. The van der Waals surface area contributed by atoms with Crippen molar-refractivity contribution in [1.82, 2.24) is 10.2 Å². The summed E-state index contributed by atoms with van der Waals surface area (Å²) >= 11 is 0. The average molecular weight is 410 g/mol. The summed E-state index contributed by atoms with van der Waals surface area (Å²) < 4.78 is 26.2. The topological polar surface area (TPSA) is 58.4 Å². The number of piperidine rings is 1. The molecule has 3 rings (SSSR count). The van der Waals surface area contributed by atoms with Gasteiger partial charge in [0.1, 0.15) is 0 Å². The van der Waals surface area contributed by atoms with E-state index < -0.39 is 17.2 Å². The van der Waals surface area contributed by atoms with Gasteiger partial charge in [0, 0.05) is 25.7 Å². The van der Waals surface area contributed by atoms with Crippen molar-refractivity contribution in [2.24, 2.45) is 5.73 Å². The Bertz CT molecular complexity index is 604. The zero-order valence-electron chi connectivity index (χ0n) is 14.7. The normalized spacial score (nSPS) is 20.1. The smallest absolute Gasteiger partial charge is 0.240 e. The summed E-state index contributed by atoms with van der Waals surface area (Å²) in [5.41, 5.74) is 6.28. The van der Waals surface area contributed by atoms with Crippen molar-refractivity contribution in [2.45, 2.75) is 56.7 Å². The molecule has 4 nitrogen and oxygen atoms in total. The highest BCUT2D eigenvalue weighted by Gasteiger charge is 2.38. The van der Waals surface area contributed by atoms with Gasteiger partial charge in [-0.3, -0.25) is 9.69 Å². The van der Waals surface area contributed by atoms with E-state index >= 15 is 0 Å². The Morgan fingerprint density at radius 3 is 2.35 bits per heavy atom. The van der Waals surface area contributed by atoms with Gasteiger partial charge in [0.2, 0.25) is 5.91 Å². The van der Waals surface area contributed by atoms with Gasteiger partial charge >= 0.3 is 0 Å². The van der Waals surface area contributed by atoms with Crippen LogP contribution in [-0.4, -0.2) is 35.5 Å². The van der Waals surface area contributed by atoms with Crippen LogP contribution < -0.4 is 11.1 Å². The molecule has 1 aromatic rings. The molecule has 0 aromatic heterocycles. The molecule has 0 radical (unpaired) electrons. The number of nitrogens with two attached hydrogens (primary N) is 1. The molecule has 0 bridgehead atoms. The van der Waals surface area contributed by atoms with E-state index in [-0.39, 0.29) is 36.8 Å². The second-order valence-electron chi connectivity index (χ2n) is 7.14. The van der Waals surface area contributed by atoms with Crippen LogP contribution in [0.1, 0.15) is 44.1 Å². The van der Waals surface area contributed by atoms with Gasteiger partial charge in [0.15, 0.2) is 11.6 Å². The summed E-state index contributed by atoms with van der Waals surface area (Å²) in [5, 5.41) is 3.10. The fraction of sp³-hybridized carbons (Fsp3) is 0.611. The van der Waals surface area contributed by atoms with Crippen LogP contribution in [0.3, 0.4) is 0 Å². The summed E-state index contributed by atoms with van der Waals surface area (Å²) in [7, 11) is 0. The Balaban J connectivity index is 0.00000169. The van der Waals surface area contributed by atoms with Crippen molar-refractivity contribution in [3.05, 3.63) is 35.4 Å². The summed E-state index contributed by atoms with van der Waals surface area (Å²) in [6.45, 7) is 2.24. The first-order chi connectivity index (χ1) is 11.5. The van der Waals surface area contributed by atoms with Gasteiger partial charge < -0.3 is 11.1 Å². The van der Waals surface area contributed by atoms with Crippen molar-refractivity contribution in [1.29, 1.82) is 0 Å². The number of carbonyl (C=O) groups excluding carboxylic acids is 1. The minimum Gasteiger partial charge on any atom is -0.352 e. The molecule has 1 saturated heterocycles. The average Bonchev–Trinajstić information content (AvgIpc) is 3.01. The van der Waals surface area contributed by atoms with Crippen molar-refractivity contribution < 1.29 is 13.6 Å². The lowest BCUT2D eigenvalue weighted by Crippen LogP contribution is -2.56. The van der Waals surface area contributed by atoms with Crippen molar-refractivity contribution in [2.75, 3.05) is 13.1 Å². The van der Waals surface area contributed by atoms with E-state index in [1.165, 1.54) is 12.1 Å². The highest BCUT2D eigenvalue weighted by Crippen LogP contribution is 2.27. The van der Waals surface area contributed by atoms with E-state index in [1.807, 2.05) is 0 Å². The maximum absolute atomic E-state index is 13.3. The third kappa shape index (κ3) is 5.52. The molecule has 148 valence electrons. The molecule has 0 atom stereocenters. The molecule has 1 saturated carbocycles. The van der Waals surface area contributed by atoms with E-state index in [0.29, 0.717) is 6.54 Å². The minimum absolute atomic E-state index is 0. The zero-order valence-corrected chi connectivity index (χ0v) is 16.3.